The molecular formula is C15H20BrNOS. The average Bonchev–Trinajstić information content (AvgIpc) is 3.10. The monoisotopic (exact) mass is 341 g/mol. The first-order valence-corrected chi connectivity index (χ1v) is 8.90. The Hall–Kier alpha value is -0.190. The number of halogens is 1. The second-order valence-electron chi connectivity index (χ2n) is 5.72. The Morgan fingerprint density at radius 3 is 2.53 bits per heavy atom. The minimum atomic E-state index is -0.125. The van der Waals surface area contributed by atoms with Gasteiger partial charge in [-0.1, -0.05) is 12.8 Å². The van der Waals surface area contributed by atoms with E-state index in [0.29, 0.717) is 12.2 Å². The van der Waals surface area contributed by atoms with Crippen LogP contribution in [0.3, 0.4) is 0 Å². The summed E-state index contributed by atoms with van der Waals surface area (Å²) in [5.74, 6) is 0.454. The van der Waals surface area contributed by atoms with Crippen molar-refractivity contribution in [2.75, 3.05) is 13.1 Å². The van der Waals surface area contributed by atoms with Gasteiger partial charge in [0.15, 0.2) is 5.78 Å². The number of hydrogen-bond acceptors (Lipinski definition) is 3. The molecule has 3 rings (SSSR count). The molecular weight excluding hydrogens is 322 g/mol. The Morgan fingerprint density at radius 1 is 1.26 bits per heavy atom. The number of likely N-dealkylation sites (tertiary alicyclic amines) is 1. The number of Topliss-reactive ketones (excluding diaryl/α,β-unsaturated/α-hetero) is 1. The van der Waals surface area contributed by atoms with E-state index in [9.17, 15) is 4.79 Å². The zero-order valence-corrected chi connectivity index (χ0v) is 13.6. The van der Waals surface area contributed by atoms with Crippen molar-refractivity contribution in [3.05, 3.63) is 20.8 Å². The van der Waals surface area contributed by atoms with Crippen molar-refractivity contribution in [2.24, 2.45) is 0 Å². The van der Waals surface area contributed by atoms with E-state index < -0.39 is 0 Å². The maximum Gasteiger partial charge on any atom is 0.158 e. The molecule has 19 heavy (non-hydrogen) atoms. The van der Waals surface area contributed by atoms with E-state index in [2.05, 4.69) is 26.2 Å². The highest BCUT2D eigenvalue weighted by Gasteiger charge is 2.46. The Balaban J connectivity index is 1.80. The Morgan fingerprint density at radius 2 is 1.95 bits per heavy atom. The average molecular weight is 342 g/mol. The standard InChI is InChI=1S/C15H20BrNOS/c16-12-5-10-19-13(12)11-14(18)15(6-1-2-7-15)17-8-3-4-9-17/h5,10H,1-4,6-9,11H2. The van der Waals surface area contributed by atoms with Gasteiger partial charge in [0.25, 0.3) is 0 Å². The summed E-state index contributed by atoms with van der Waals surface area (Å²) in [7, 11) is 0. The van der Waals surface area contributed by atoms with E-state index in [0.717, 1.165) is 30.4 Å². The van der Waals surface area contributed by atoms with Crippen molar-refractivity contribution >= 4 is 33.0 Å². The molecule has 104 valence electrons. The SMILES string of the molecule is O=C(Cc1sccc1Br)C1(N2CCCC2)CCCC1. The topological polar surface area (TPSA) is 20.3 Å². The highest BCUT2D eigenvalue weighted by molar-refractivity contribution is 9.10. The van der Waals surface area contributed by atoms with Gasteiger partial charge in [0.2, 0.25) is 0 Å². The van der Waals surface area contributed by atoms with Gasteiger partial charge in [-0.25, -0.2) is 0 Å². The molecule has 4 heteroatoms. The van der Waals surface area contributed by atoms with Gasteiger partial charge in [-0.2, -0.15) is 0 Å². The largest absolute Gasteiger partial charge is 0.297 e. The van der Waals surface area contributed by atoms with Crippen LogP contribution >= 0.6 is 27.3 Å². The van der Waals surface area contributed by atoms with E-state index in [-0.39, 0.29) is 5.54 Å². The zero-order valence-electron chi connectivity index (χ0n) is 11.2. The second-order valence-corrected chi connectivity index (χ2v) is 7.58. The molecule has 0 N–H and O–H groups in total. The minimum absolute atomic E-state index is 0.125. The lowest BCUT2D eigenvalue weighted by molar-refractivity contribution is -0.129. The lowest BCUT2D eigenvalue weighted by Crippen LogP contribution is -2.52. The fraction of sp³-hybridized carbons (Fsp3) is 0.667. The maximum atomic E-state index is 12.9. The molecule has 0 bridgehead atoms. The Labute approximate surface area is 127 Å². The Bertz CT molecular complexity index is 458. The molecule has 0 radical (unpaired) electrons. The number of thiophene rings is 1. The van der Waals surface area contributed by atoms with Crippen molar-refractivity contribution in [1.29, 1.82) is 0 Å². The first-order chi connectivity index (χ1) is 9.22. The third kappa shape index (κ3) is 2.55. The van der Waals surface area contributed by atoms with Crippen molar-refractivity contribution in [1.82, 2.24) is 4.90 Å². The van der Waals surface area contributed by atoms with E-state index in [1.165, 1.54) is 30.6 Å². The van der Waals surface area contributed by atoms with Crippen molar-refractivity contribution < 1.29 is 4.79 Å². The van der Waals surface area contributed by atoms with Crippen LogP contribution in [-0.4, -0.2) is 29.3 Å². The van der Waals surface area contributed by atoms with Crippen LogP contribution in [0.5, 0.6) is 0 Å². The first-order valence-electron chi connectivity index (χ1n) is 7.23. The van der Waals surface area contributed by atoms with Gasteiger partial charge in [-0.3, -0.25) is 9.69 Å². The molecule has 2 aliphatic rings. The predicted molar refractivity (Wildman–Crippen MR) is 82.7 cm³/mol. The van der Waals surface area contributed by atoms with Gasteiger partial charge in [0, 0.05) is 15.8 Å². The van der Waals surface area contributed by atoms with E-state index >= 15 is 0 Å². The van der Waals surface area contributed by atoms with Crippen LogP contribution in [0.1, 0.15) is 43.4 Å². The molecule has 0 unspecified atom stereocenters. The van der Waals surface area contributed by atoms with E-state index in [1.807, 2.05) is 6.07 Å². The van der Waals surface area contributed by atoms with Gasteiger partial charge >= 0.3 is 0 Å². The summed E-state index contributed by atoms with van der Waals surface area (Å²) in [6, 6.07) is 2.05. The minimum Gasteiger partial charge on any atom is -0.297 e. The fourth-order valence-electron chi connectivity index (χ4n) is 3.64. The van der Waals surface area contributed by atoms with Gasteiger partial charge < -0.3 is 0 Å². The fourth-order valence-corrected chi connectivity index (χ4v) is 5.13. The van der Waals surface area contributed by atoms with Crippen molar-refractivity contribution in [2.45, 2.75) is 50.5 Å². The molecule has 0 atom stereocenters. The summed E-state index contributed by atoms with van der Waals surface area (Å²) in [5, 5.41) is 2.06. The molecule has 2 nitrogen and oxygen atoms in total. The van der Waals surface area contributed by atoms with E-state index in [4.69, 9.17) is 0 Å². The highest BCUT2D eigenvalue weighted by Crippen LogP contribution is 2.39. The number of carbonyl (C=O) groups excluding carboxylic acids is 1. The molecule has 2 fully saturated rings. The van der Waals surface area contributed by atoms with Crippen LogP contribution in [0.4, 0.5) is 0 Å². The smallest absolute Gasteiger partial charge is 0.158 e. The van der Waals surface area contributed by atoms with Crippen molar-refractivity contribution in [3.8, 4) is 0 Å². The molecule has 0 amide bonds. The van der Waals surface area contributed by atoms with Crippen LogP contribution < -0.4 is 0 Å². The maximum absolute atomic E-state index is 12.9. The van der Waals surface area contributed by atoms with Gasteiger partial charge in [-0.05, 0) is 66.1 Å². The quantitative estimate of drug-likeness (QED) is 0.823. The molecule has 1 aromatic rings. The number of rotatable bonds is 4. The summed E-state index contributed by atoms with van der Waals surface area (Å²) >= 11 is 5.24. The summed E-state index contributed by atoms with van der Waals surface area (Å²) in [5.41, 5.74) is -0.125. The van der Waals surface area contributed by atoms with Crippen LogP contribution in [-0.2, 0) is 11.2 Å². The molecule has 2 heterocycles. The number of carbonyl (C=O) groups is 1. The molecule has 1 aliphatic heterocycles. The number of ketones is 1. The number of nitrogens with zero attached hydrogens (tertiary/aromatic N) is 1. The lowest BCUT2D eigenvalue weighted by Gasteiger charge is -2.37. The molecule has 0 aromatic carbocycles. The molecule has 0 spiro atoms. The predicted octanol–water partition coefficient (Wildman–Crippen LogP) is 4.03. The van der Waals surface area contributed by atoms with Crippen LogP contribution in [0.2, 0.25) is 0 Å². The van der Waals surface area contributed by atoms with Gasteiger partial charge in [0.1, 0.15) is 0 Å². The van der Waals surface area contributed by atoms with Gasteiger partial charge in [0.05, 0.1) is 5.54 Å². The summed E-state index contributed by atoms with van der Waals surface area (Å²) in [4.78, 5) is 16.6. The lowest BCUT2D eigenvalue weighted by atomic mass is 9.88. The summed E-state index contributed by atoms with van der Waals surface area (Å²) in [6.07, 6.45) is 7.72. The van der Waals surface area contributed by atoms with Crippen molar-refractivity contribution in [3.63, 3.8) is 0 Å². The molecule has 1 saturated carbocycles. The van der Waals surface area contributed by atoms with E-state index in [1.54, 1.807) is 11.3 Å². The molecule has 1 saturated heterocycles. The molecule has 1 aromatic heterocycles. The summed E-state index contributed by atoms with van der Waals surface area (Å²) in [6.45, 7) is 2.24. The van der Waals surface area contributed by atoms with Crippen LogP contribution in [0.25, 0.3) is 0 Å². The third-order valence-electron chi connectivity index (χ3n) is 4.67. The van der Waals surface area contributed by atoms with Crippen LogP contribution in [0.15, 0.2) is 15.9 Å². The second kappa shape index (κ2) is 5.66. The molecule has 1 aliphatic carbocycles. The normalized spacial score (nSPS) is 23.0. The highest BCUT2D eigenvalue weighted by atomic mass is 79.9. The summed E-state index contributed by atoms with van der Waals surface area (Å²) < 4.78 is 1.10. The van der Waals surface area contributed by atoms with Crippen LogP contribution in [0, 0.1) is 0 Å². The first kappa shape index (κ1) is 13.8. The van der Waals surface area contributed by atoms with Gasteiger partial charge in [-0.15, -0.1) is 11.3 Å². The Kier molecular flexibility index (Phi) is 4.11. The zero-order chi connectivity index (χ0) is 13.3. The number of hydrogen-bond donors (Lipinski definition) is 0. The third-order valence-corrected chi connectivity index (χ3v) is 6.60.